The Hall–Kier alpha value is -2.59. The Bertz CT molecular complexity index is 836. The lowest BCUT2D eigenvalue weighted by Gasteiger charge is -2.17. The molecule has 0 aliphatic rings. The van der Waals surface area contributed by atoms with Crippen LogP contribution in [0.25, 0.3) is 0 Å². The number of hydrogen-bond acceptors (Lipinski definition) is 5. The van der Waals surface area contributed by atoms with Gasteiger partial charge in [0.1, 0.15) is 23.0 Å². The average molecular weight is 390 g/mol. The molecule has 124 valence electrons. The van der Waals surface area contributed by atoms with Gasteiger partial charge in [-0.2, -0.15) is 9.99 Å². The Balaban J connectivity index is 2.75. The molecule has 24 heavy (non-hydrogen) atoms. The molecule has 2 aromatic rings. The molecule has 1 N–H and O–H groups in total. The molecule has 1 heterocycles. The monoisotopic (exact) mass is 389 g/mol. The summed E-state index contributed by atoms with van der Waals surface area (Å²) >= 11 is 3.33. The first-order valence-corrected chi connectivity index (χ1v) is 7.90. The summed E-state index contributed by atoms with van der Waals surface area (Å²) in [7, 11) is 0. The van der Waals surface area contributed by atoms with Crippen molar-refractivity contribution in [2.75, 3.05) is 0 Å². The van der Waals surface area contributed by atoms with Crippen molar-refractivity contribution in [3.63, 3.8) is 0 Å². The highest BCUT2D eigenvalue weighted by molar-refractivity contribution is 9.10. The van der Waals surface area contributed by atoms with Gasteiger partial charge < -0.3 is 15.2 Å². The molecule has 7 heteroatoms. The summed E-state index contributed by atoms with van der Waals surface area (Å²) in [4.78, 5) is 5.45. The molecule has 6 nitrogen and oxygen atoms in total. The molecule has 1 aromatic heterocycles. The topological polar surface area (TPSA) is 92.5 Å². The fourth-order valence-electron chi connectivity index (χ4n) is 1.91. The molecule has 0 amide bonds. The van der Waals surface area contributed by atoms with Crippen molar-refractivity contribution >= 4 is 21.6 Å². The Morgan fingerprint density at radius 3 is 2.71 bits per heavy atom. The summed E-state index contributed by atoms with van der Waals surface area (Å²) < 4.78 is 1.22. The van der Waals surface area contributed by atoms with Crippen molar-refractivity contribution in [2.45, 2.75) is 26.4 Å². The second-order valence-electron chi connectivity index (χ2n) is 6.01. The van der Waals surface area contributed by atoms with Gasteiger partial charge in [-0.05, 0) is 45.0 Å². The van der Waals surface area contributed by atoms with Crippen LogP contribution in [0.5, 0.6) is 5.75 Å². The first-order chi connectivity index (χ1) is 11.2. The highest BCUT2D eigenvalue weighted by Gasteiger charge is 2.26. The van der Waals surface area contributed by atoms with Gasteiger partial charge in [0.05, 0.1) is 5.56 Å². The third-order valence-electron chi connectivity index (χ3n) is 2.93. The highest BCUT2D eigenvalue weighted by atomic mass is 79.9. The van der Waals surface area contributed by atoms with Crippen LogP contribution in [0.15, 0.2) is 46.2 Å². The third kappa shape index (κ3) is 4.03. The number of hydrogen-bond donors (Lipinski definition) is 1. The molecule has 0 saturated carbocycles. The first-order valence-electron chi connectivity index (χ1n) is 7.10. The predicted molar refractivity (Wildman–Crippen MR) is 92.4 cm³/mol. The number of oxime groups is 1. The van der Waals surface area contributed by atoms with E-state index in [1.54, 1.807) is 32.9 Å². The minimum Gasteiger partial charge on any atom is -0.618 e. The summed E-state index contributed by atoms with van der Waals surface area (Å²) in [5.74, 6) is -0.0813. The number of phenolic OH excluding ortho intramolecular Hbond substituents is 1. The number of phenols is 1. The molecule has 2 rings (SSSR count). The van der Waals surface area contributed by atoms with E-state index in [2.05, 4.69) is 21.1 Å². The van der Waals surface area contributed by atoms with Gasteiger partial charge >= 0.3 is 0 Å². The van der Waals surface area contributed by atoms with E-state index in [0.717, 1.165) is 0 Å². The molecule has 0 fully saturated rings. The normalized spacial score (nSPS) is 11.9. The van der Waals surface area contributed by atoms with E-state index in [1.165, 1.54) is 24.4 Å². The van der Waals surface area contributed by atoms with Gasteiger partial charge in [-0.3, -0.25) is 0 Å². The van der Waals surface area contributed by atoms with E-state index in [-0.39, 0.29) is 28.3 Å². The zero-order chi connectivity index (χ0) is 17.9. The Morgan fingerprint density at radius 2 is 2.08 bits per heavy atom. The SMILES string of the molecule is CC(C)(C)O/N=C(\c1cc(Br)ccc1O)c1c(C#N)ccc[n+]1[O-]. The summed E-state index contributed by atoms with van der Waals surface area (Å²) in [5.41, 5.74) is -0.111. The van der Waals surface area contributed by atoms with Crippen LogP contribution >= 0.6 is 15.9 Å². The average Bonchev–Trinajstić information content (AvgIpc) is 2.50. The molecule has 0 bridgehead atoms. The quantitative estimate of drug-likeness (QED) is 0.377. The molecule has 0 aliphatic heterocycles. The van der Waals surface area contributed by atoms with Gasteiger partial charge in [-0.1, -0.05) is 21.1 Å². The van der Waals surface area contributed by atoms with Crippen molar-refractivity contribution < 1.29 is 14.7 Å². The molecular formula is C17H16BrN3O3. The first kappa shape index (κ1) is 17.8. The third-order valence-corrected chi connectivity index (χ3v) is 3.42. The van der Waals surface area contributed by atoms with Crippen molar-refractivity contribution in [1.82, 2.24) is 0 Å². The van der Waals surface area contributed by atoms with Crippen molar-refractivity contribution in [3.8, 4) is 11.8 Å². The second kappa shape index (κ2) is 6.89. The van der Waals surface area contributed by atoms with Gasteiger partial charge in [0, 0.05) is 10.5 Å². The standard InChI is InChI=1S/C17H16BrN3O3/c1-17(2,3)24-20-15(13-9-12(18)6-7-14(13)22)16-11(10-19)5-4-8-21(16)23/h4-9,22H,1-3H3/b20-15+. The van der Waals surface area contributed by atoms with Crippen LogP contribution < -0.4 is 4.73 Å². The van der Waals surface area contributed by atoms with E-state index in [9.17, 15) is 15.6 Å². The maximum atomic E-state index is 12.3. The molecule has 0 unspecified atom stereocenters. The van der Waals surface area contributed by atoms with Gasteiger partial charge in [-0.25, -0.2) is 0 Å². The van der Waals surface area contributed by atoms with Crippen LogP contribution in [0.3, 0.4) is 0 Å². The van der Waals surface area contributed by atoms with E-state index in [4.69, 9.17) is 4.84 Å². The number of halogens is 1. The van der Waals surface area contributed by atoms with E-state index >= 15 is 0 Å². The van der Waals surface area contributed by atoms with Gasteiger partial charge in [0.2, 0.25) is 0 Å². The van der Waals surface area contributed by atoms with Crippen LogP contribution in [0.2, 0.25) is 0 Å². The number of nitriles is 1. The molecule has 1 aromatic carbocycles. The minimum absolute atomic E-state index is 0.0117. The number of aromatic hydroxyl groups is 1. The molecule has 0 atom stereocenters. The highest BCUT2D eigenvalue weighted by Crippen LogP contribution is 2.26. The molecule has 0 aliphatic carbocycles. The molecular weight excluding hydrogens is 374 g/mol. The molecule has 0 spiro atoms. The maximum Gasteiger partial charge on any atom is 0.264 e. The fraction of sp³-hybridized carbons (Fsp3) is 0.235. The molecule has 0 radical (unpaired) electrons. The summed E-state index contributed by atoms with van der Waals surface area (Å²) in [5, 5.41) is 35.9. The summed E-state index contributed by atoms with van der Waals surface area (Å²) in [6.07, 6.45) is 1.26. The number of pyridine rings is 1. The van der Waals surface area contributed by atoms with Crippen molar-refractivity contribution in [2.24, 2.45) is 5.16 Å². The second-order valence-corrected chi connectivity index (χ2v) is 6.93. The van der Waals surface area contributed by atoms with Crippen LogP contribution in [0.1, 0.15) is 37.6 Å². The van der Waals surface area contributed by atoms with Crippen molar-refractivity contribution in [3.05, 3.63) is 63.0 Å². The number of rotatable bonds is 3. The van der Waals surface area contributed by atoms with Crippen LogP contribution in [0, 0.1) is 16.5 Å². The Labute approximate surface area is 148 Å². The van der Waals surface area contributed by atoms with E-state index < -0.39 is 5.60 Å². The summed E-state index contributed by atoms with van der Waals surface area (Å²) in [6, 6.07) is 9.67. The lowest BCUT2D eigenvalue weighted by Crippen LogP contribution is -2.36. The van der Waals surface area contributed by atoms with Gasteiger partial charge in [0.15, 0.2) is 11.9 Å². The zero-order valence-corrected chi connectivity index (χ0v) is 15.0. The number of nitrogens with zero attached hydrogens (tertiary/aromatic N) is 3. The summed E-state index contributed by atoms with van der Waals surface area (Å²) in [6.45, 7) is 5.41. The number of benzene rings is 1. The Kier molecular flexibility index (Phi) is 5.10. The largest absolute Gasteiger partial charge is 0.618 e. The van der Waals surface area contributed by atoms with Crippen molar-refractivity contribution in [1.29, 1.82) is 5.26 Å². The fourth-order valence-corrected chi connectivity index (χ4v) is 2.27. The maximum absolute atomic E-state index is 12.3. The zero-order valence-electron chi connectivity index (χ0n) is 13.4. The number of aromatic nitrogens is 1. The van der Waals surface area contributed by atoms with Crippen LogP contribution in [-0.4, -0.2) is 16.4 Å². The van der Waals surface area contributed by atoms with E-state index in [1.807, 2.05) is 6.07 Å². The van der Waals surface area contributed by atoms with Crippen LogP contribution in [-0.2, 0) is 4.84 Å². The minimum atomic E-state index is -0.609. The Morgan fingerprint density at radius 1 is 1.38 bits per heavy atom. The predicted octanol–water partition coefficient (Wildman–Crippen LogP) is 3.23. The lowest BCUT2D eigenvalue weighted by atomic mass is 10.0. The van der Waals surface area contributed by atoms with Crippen LogP contribution in [0.4, 0.5) is 0 Å². The van der Waals surface area contributed by atoms with Gasteiger partial charge in [0.25, 0.3) is 5.69 Å². The lowest BCUT2D eigenvalue weighted by molar-refractivity contribution is -0.607. The van der Waals surface area contributed by atoms with Gasteiger partial charge in [-0.15, -0.1) is 0 Å². The molecule has 0 saturated heterocycles. The smallest absolute Gasteiger partial charge is 0.264 e. The van der Waals surface area contributed by atoms with E-state index in [0.29, 0.717) is 9.20 Å².